The van der Waals surface area contributed by atoms with Gasteiger partial charge in [0.25, 0.3) is 0 Å². The smallest absolute Gasteiger partial charge is 0.302 e. The molecular weight excluding hydrogens is 252 g/mol. The second-order valence-electron chi connectivity index (χ2n) is 7.44. The number of hydrogen-bond donors (Lipinski definition) is 1. The molecule has 2 aliphatic carbocycles. The van der Waals surface area contributed by atoms with Crippen LogP contribution in [-0.2, 0) is 9.53 Å². The molecule has 2 rings (SSSR count). The molecule has 1 fully saturated rings. The maximum Gasteiger partial charge on any atom is 0.302 e. The predicted molar refractivity (Wildman–Crippen MR) is 79.2 cm³/mol. The summed E-state index contributed by atoms with van der Waals surface area (Å²) in [7, 11) is 0. The number of ether oxygens (including phenoxy) is 1. The van der Waals surface area contributed by atoms with Crippen LogP contribution in [0.1, 0.15) is 59.8 Å². The van der Waals surface area contributed by atoms with Crippen LogP contribution in [0.2, 0.25) is 0 Å². The summed E-state index contributed by atoms with van der Waals surface area (Å²) < 4.78 is 5.13. The third-order valence-electron chi connectivity index (χ3n) is 5.45. The minimum Gasteiger partial charge on any atom is -0.461 e. The standard InChI is InChI=1S/C17H28O3/c1-12(18)20-11-13-5-6-15-14(16(2,3)19)8-10-17(15,4)9-7-13/h5,14-15,19H,6-11H2,1-4H3/t14-,15-,17-/m0/s1. The lowest BCUT2D eigenvalue weighted by Gasteiger charge is -2.37. The van der Waals surface area contributed by atoms with E-state index >= 15 is 0 Å². The van der Waals surface area contributed by atoms with E-state index in [1.165, 1.54) is 18.9 Å². The summed E-state index contributed by atoms with van der Waals surface area (Å²) >= 11 is 0. The molecule has 0 heterocycles. The number of allylic oxidation sites excluding steroid dienone is 1. The second kappa shape index (κ2) is 5.51. The molecule has 0 aromatic heterocycles. The molecule has 0 aliphatic heterocycles. The highest BCUT2D eigenvalue weighted by molar-refractivity contribution is 5.66. The molecular formula is C17H28O3. The van der Waals surface area contributed by atoms with Crippen LogP contribution in [0.5, 0.6) is 0 Å². The zero-order valence-electron chi connectivity index (χ0n) is 13.2. The Morgan fingerprint density at radius 1 is 1.50 bits per heavy atom. The van der Waals surface area contributed by atoms with Crippen LogP contribution in [0.3, 0.4) is 0 Å². The van der Waals surface area contributed by atoms with Crippen LogP contribution < -0.4 is 0 Å². The fraction of sp³-hybridized carbons (Fsp3) is 0.824. The molecule has 0 unspecified atom stereocenters. The van der Waals surface area contributed by atoms with E-state index in [0.717, 1.165) is 25.7 Å². The minimum atomic E-state index is -0.601. The van der Waals surface area contributed by atoms with E-state index in [9.17, 15) is 9.90 Å². The summed E-state index contributed by atoms with van der Waals surface area (Å²) in [6.07, 6.45) is 7.72. The molecule has 0 aromatic rings. The van der Waals surface area contributed by atoms with Gasteiger partial charge in [0.1, 0.15) is 6.61 Å². The molecule has 3 nitrogen and oxygen atoms in total. The molecule has 1 saturated carbocycles. The largest absolute Gasteiger partial charge is 0.461 e. The van der Waals surface area contributed by atoms with Crippen molar-refractivity contribution in [2.75, 3.05) is 6.61 Å². The summed E-state index contributed by atoms with van der Waals surface area (Å²) in [4.78, 5) is 10.9. The van der Waals surface area contributed by atoms with E-state index in [1.54, 1.807) is 0 Å². The zero-order chi connectivity index (χ0) is 15.0. The quantitative estimate of drug-likeness (QED) is 0.636. The van der Waals surface area contributed by atoms with Crippen molar-refractivity contribution in [3.63, 3.8) is 0 Å². The number of esters is 1. The molecule has 2 aliphatic rings. The lowest BCUT2D eigenvalue weighted by Crippen LogP contribution is -2.37. The van der Waals surface area contributed by atoms with Gasteiger partial charge >= 0.3 is 5.97 Å². The summed E-state index contributed by atoms with van der Waals surface area (Å²) in [5, 5.41) is 10.4. The van der Waals surface area contributed by atoms with Gasteiger partial charge in [-0.15, -0.1) is 0 Å². The molecule has 0 spiro atoms. The number of aliphatic hydroxyl groups is 1. The number of rotatable bonds is 3. The Hall–Kier alpha value is -0.830. The lowest BCUT2D eigenvalue weighted by atomic mass is 9.70. The van der Waals surface area contributed by atoms with Gasteiger partial charge in [-0.3, -0.25) is 4.79 Å². The van der Waals surface area contributed by atoms with Gasteiger partial charge in [-0.25, -0.2) is 0 Å². The normalized spacial score (nSPS) is 34.1. The maximum atomic E-state index is 10.9. The first-order valence-electron chi connectivity index (χ1n) is 7.76. The van der Waals surface area contributed by atoms with Crippen molar-refractivity contribution in [1.82, 2.24) is 0 Å². The summed E-state index contributed by atoms with van der Waals surface area (Å²) in [5.74, 6) is 0.699. The molecule has 20 heavy (non-hydrogen) atoms. The van der Waals surface area contributed by atoms with Crippen molar-refractivity contribution in [2.24, 2.45) is 17.3 Å². The van der Waals surface area contributed by atoms with Gasteiger partial charge in [-0.05, 0) is 68.8 Å². The van der Waals surface area contributed by atoms with Crippen molar-refractivity contribution in [1.29, 1.82) is 0 Å². The SMILES string of the molecule is CC(=O)OCC1=CC[C@H]2[C@@H](C(C)(C)O)CC[C@]2(C)CC1. The number of carbonyl (C=O) groups is 1. The van der Waals surface area contributed by atoms with Crippen LogP contribution in [0.4, 0.5) is 0 Å². The first-order valence-corrected chi connectivity index (χ1v) is 7.76. The van der Waals surface area contributed by atoms with E-state index in [0.29, 0.717) is 23.9 Å². The van der Waals surface area contributed by atoms with Gasteiger partial charge in [0.15, 0.2) is 0 Å². The molecule has 3 heteroatoms. The van der Waals surface area contributed by atoms with Gasteiger partial charge in [-0.2, -0.15) is 0 Å². The average molecular weight is 280 g/mol. The molecule has 114 valence electrons. The highest BCUT2D eigenvalue weighted by atomic mass is 16.5. The van der Waals surface area contributed by atoms with Crippen molar-refractivity contribution in [3.8, 4) is 0 Å². The van der Waals surface area contributed by atoms with Gasteiger partial charge in [0.2, 0.25) is 0 Å². The Morgan fingerprint density at radius 3 is 2.80 bits per heavy atom. The van der Waals surface area contributed by atoms with Crippen LogP contribution in [-0.4, -0.2) is 23.3 Å². The first kappa shape index (κ1) is 15.6. The Bertz CT molecular complexity index is 405. The van der Waals surface area contributed by atoms with E-state index in [4.69, 9.17) is 4.74 Å². The van der Waals surface area contributed by atoms with Gasteiger partial charge in [-0.1, -0.05) is 13.0 Å². The highest BCUT2D eigenvalue weighted by Gasteiger charge is 2.49. The fourth-order valence-electron chi connectivity index (χ4n) is 4.13. The van der Waals surface area contributed by atoms with Gasteiger partial charge in [0.05, 0.1) is 5.60 Å². The molecule has 0 amide bonds. The maximum absolute atomic E-state index is 10.9. The van der Waals surface area contributed by atoms with Crippen molar-refractivity contribution >= 4 is 5.97 Å². The van der Waals surface area contributed by atoms with E-state index < -0.39 is 5.60 Å². The van der Waals surface area contributed by atoms with E-state index in [1.807, 2.05) is 13.8 Å². The highest BCUT2D eigenvalue weighted by Crippen LogP contribution is 2.56. The molecule has 0 radical (unpaired) electrons. The van der Waals surface area contributed by atoms with Crippen LogP contribution in [0.25, 0.3) is 0 Å². The molecule has 0 aromatic carbocycles. The summed E-state index contributed by atoms with van der Waals surface area (Å²) in [5.41, 5.74) is 0.959. The van der Waals surface area contributed by atoms with Gasteiger partial charge < -0.3 is 9.84 Å². The molecule has 1 N–H and O–H groups in total. The molecule has 0 saturated heterocycles. The first-order chi connectivity index (χ1) is 9.22. The monoisotopic (exact) mass is 280 g/mol. The Morgan fingerprint density at radius 2 is 2.20 bits per heavy atom. The predicted octanol–water partition coefficient (Wildman–Crippen LogP) is 3.46. The Labute approximate surface area is 122 Å². The third-order valence-corrected chi connectivity index (χ3v) is 5.45. The second-order valence-corrected chi connectivity index (χ2v) is 7.44. The molecule has 0 bridgehead atoms. The Balaban J connectivity index is 2.09. The average Bonchev–Trinajstić information content (AvgIpc) is 2.57. The van der Waals surface area contributed by atoms with Crippen molar-refractivity contribution in [2.45, 2.75) is 65.4 Å². The number of fused-ring (bicyclic) bond motifs is 1. The third kappa shape index (κ3) is 3.25. The fourth-order valence-corrected chi connectivity index (χ4v) is 4.13. The van der Waals surface area contributed by atoms with Crippen LogP contribution in [0, 0.1) is 17.3 Å². The van der Waals surface area contributed by atoms with Crippen molar-refractivity contribution < 1.29 is 14.6 Å². The van der Waals surface area contributed by atoms with E-state index in [-0.39, 0.29) is 5.97 Å². The van der Waals surface area contributed by atoms with Crippen LogP contribution in [0.15, 0.2) is 11.6 Å². The Kier molecular flexibility index (Phi) is 4.29. The minimum absolute atomic E-state index is 0.212. The van der Waals surface area contributed by atoms with Crippen LogP contribution >= 0.6 is 0 Å². The summed E-state index contributed by atoms with van der Waals surface area (Å²) in [6, 6.07) is 0. The lowest BCUT2D eigenvalue weighted by molar-refractivity contribution is -0.140. The topological polar surface area (TPSA) is 46.5 Å². The summed E-state index contributed by atoms with van der Waals surface area (Å²) in [6.45, 7) is 8.14. The zero-order valence-corrected chi connectivity index (χ0v) is 13.2. The number of carbonyl (C=O) groups excluding carboxylic acids is 1. The molecule has 3 atom stereocenters. The van der Waals surface area contributed by atoms with E-state index in [2.05, 4.69) is 13.0 Å². The van der Waals surface area contributed by atoms with Crippen molar-refractivity contribution in [3.05, 3.63) is 11.6 Å². The van der Waals surface area contributed by atoms with Gasteiger partial charge in [0, 0.05) is 6.92 Å². The number of hydrogen-bond acceptors (Lipinski definition) is 3.